The van der Waals surface area contributed by atoms with Crippen molar-refractivity contribution < 1.29 is 14.3 Å². The lowest BCUT2D eigenvalue weighted by atomic mass is 9.81. The van der Waals surface area contributed by atoms with Crippen molar-refractivity contribution in [1.29, 1.82) is 0 Å². The van der Waals surface area contributed by atoms with Gasteiger partial charge in [-0.05, 0) is 33.1 Å². The molecule has 5 atom stereocenters. The van der Waals surface area contributed by atoms with E-state index in [-0.39, 0.29) is 29.5 Å². The zero-order valence-corrected chi connectivity index (χ0v) is 10.9. The van der Waals surface area contributed by atoms with Crippen molar-refractivity contribution in [2.45, 2.75) is 50.9 Å². The van der Waals surface area contributed by atoms with Crippen LogP contribution in [-0.4, -0.2) is 23.8 Å². The fraction of sp³-hybridized carbons (Fsp3) is 0.667. The zero-order chi connectivity index (χ0) is 12.7. The summed E-state index contributed by atoms with van der Waals surface area (Å²) in [5.41, 5.74) is 3.55. The molecule has 2 saturated heterocycles. The summed E-state index contributed by atoms with van der Waals surface area (Å²) in [5.74, 6) is 0.254. The van der Waals surface area contributed by atoms with E-state index in [0.29, 0.717) is 11.7 Å². The molecule has 2 aliphatic carbocycles. The Labute approximate surface area is 107 Å². The Hall–Kier alpha value is -1.09. The molecule has 1 saturated carbocycles. The number of rotatable bonds is 0. The van der Waals surface area contributed by atoms with Gasteiger partial charge in [-0.2, -0.15) is 0 Å². The first kappa shape index (κ1) is 10.8. The molecule has 0 spiro atoms. The van der Waals surface area contributed by atoms with Crippen LogP contribution in [0, 0.1) is 11.8 Å². The van der Waals surface area contributed by atoms with Gasteiger partial charge in [0.1, 0.15) is 11.7 Å². The van der Waals surface area contributed by atoms with E-state index in [4.69, 9.17) is 9.47 Å². The third-order valence-electron chi connectivity index (χ3n) is 5.43. The van der Waals surface area contributed by atoms with E-state index in [9.17, 15) is 4.79 Å². The predicted molar refractivity (Wildman–Crippen MR) is 65.8 cm³/mol. The second-order valence-corrected chi connectivity index (χ2v) is 6.32. The number of fused-ring (bicyclic) bond motifs is 5. The van der Waals surface area contributed by atoms with Gasteiger partial charge < -0.3 is 9.47 Å². The molecule has 0 N–H and O–H groups in total. The zero-order valence-electron chi connectivity index (χ0n) is 10.9. The quantitative estimate of drug-likeness (QED) is 0.285. The number of carbonyl (C=O) groups excluding carboxylic acids is 1. The Morgan fingerprint density at radius 3 is 3.00 bits per heavy atom. The van der Waals surface area contributed by atoms with Crippen molar-refractivity contribution in [3.8, 4) is 0 Å². The van der Waals surface area contributed by atoms with Gasteiger partial charge in [0, 0.05) is 17.4 Å². The summed E-state index contributed by atoms with van der Waals surface area (Å²) < 4.78 is 11.5. The molecule has 0 radical (unpaired) electrons. The molecule has 0 bridgehead atoms. The maximum atomic E-state index is 11.8. The molecule has 2 aliphatic heterocycles. The Morgan fingerprint density at radius 1 is 1.44 bits per heavy atom. The highest BCUT2D eigenvalue weighted by Gasteiger charge is 2.68. The third-order valence-corrected chi connectivity index (χ3v) is 5.43. The lowest BCUT2D eigenvalue weighted by Gasteiger charge is -2.27. The second kappa shape index (κ2) is 3.08. The van der Waals surface area contributed by atoms with Gasteiger partial charge in [-0.1, -0.05) is 17.7 Å². The molecule has 18 heavy (non-hydrogen) atoms. The second-order valence-electron chi connectivity index (χ2n) is 6.32. The molecule has 4 rings (SSSR count). The van der Waals surface area contributed by atoms with E-state index in [1.807, 2.05) is 0 Å². The van der Waals surface area contributed by atoms with Crippen molar-refractivity contribution in [3.63, 3.8) is 0 Å². The molecule has 3 nitrogen and oxygen atoms in total. The standard InChI is InChI=1S/C15H18O3/c1-7-4-5-9-8(2)14(16)17-13(9)12-10(7)6-11-15(12,3)18-11/h9,11-13H,2,4-6H2,1,3H3/t9?,11-,12?,13+,15-/m1/s1. The van der Waals surface area contributed by atoms with Crippen LogP contribution >= 0.6 is 0 Å². The fourth-order valence-corrected chi connectivity index (χ4v) is 4.23. The summed E-state index contributed by atoms with van der Waals surface area (Å²) in [4.78, 5) is 11.8. The average Bonchev–Trinajstić information content (AvgIpc) is 2.82. The first-order valence-corrected chi connectivity index (χ1v) is 6.78. The molecule has 3 fully saturated rings. The summed E-state index contributed by atoms with van der Waals surface area (Å²) in [6.45, 7) is 8.32. The van der Waals surface area contributed by atoms with E-state index in [1.54, 1.807) is 0 Å². The number of ether oxygens (including phenoxy) is 2. The topological polar surface area (TPSA) is 38.8 Å². The maximum Gasteiger partial charge on any atom is 0.334 e. The van der Waals surface area contributed by atoms with Gasteiger partial charge in [0.05, 0.1) is 6.10 Å². The molecule has 0 aromatic heterocycles. The number of carbonyl (C=O) groups is 1. The van der Waals surface area contributed by atoms with Crippen LogP contribution in [0.2, 0.25) is 0 Å². The molecule has 2 unspecified atom stereocenters. The Kier molecular flexibility index (Phi) is 1.85. The molecule has 0 aromatic carbocycles. The minimum absolute atomic E-state index is 0.0325. The van der Waals surface area contributed by atoms with Gasteiger partial charge in [0.2, 0.25) is 0 Å². The predicted octanol–water partition coefficient (Wildman–Crippen LogP) is 2.37. The summed E-state index contributed by atoms with van der Waals surface area (Å²) >= 11 is 0. The summed E-state index contributed by atoms with van der Waals surface area (Å²) in [7, 11) is 0. The van der Waals surface area contributed by atoms with Gasteiger partial charge >= 0.3 is 5.97 Å². The highest BCUT2D eigenvalue weighted by molar-refractivity contribution is 5.91. The van der Waals surface area contributed by atoms with Gasteiger partial charge in [-0.15, -0.1) is 0 Å². The average molecular weight is 246 g/mol. The SMILES string of the molecule is C=C1C(=O)O[C@H]2C1CCC(C)=C1C[C@H]3O[C@@]3(C)C12. The first-order valence-electron chi connectivity index (χ1n) is 6.78. The van der Waals surface area contributed by atoms with Crippen molar-refractivity contribution in [1.82, 2.24) is 0 Å². The van der Waals surface area contributed by atoms with E-state index >= 15 is 0 Å². The molecule has 0 aromatic rings. The van der Waals surface area contributed by atoms with E-state index < -0.39 is 0 Å². The molecule has 3 heteroatoms. The summed E-state index contributed by atoms with van der Waals surface area (Å²) in [6.07, 6.45) is 3.39. The van der Waals surface area contributed by atoms with Crippen LogP contribution in [0.1, 0.15) is 33.1 Å². The summed E-state index contributed by atoms with van der Waals surface area (Å²) in [6, 6.07) is 0. The lowest BCUT2D eigenvalue weighted by Crippen LogP contribution is -2.34. The molecule has 2 heterocycles. The molecular weight excluding hydrogens is 228 g/mol. The van der Waals surface area contributed by atoms with E-state index in [2.05, 4.69) is 20.4 Å². The minimum atomic E-state index is -0.198. The lowest BCUT2D eigenvalue weighted by molar-refractivity contribution is -0.141. The minimum Gasteiger partial charge on any atom is -0.458 e. The van der Waals surface area contributed by atoms with Crippen LogP contribution in [0.4, 0.5) is 0 Å². The van der Waals surface area contributed by atoms with E-state index in [0.717, 1.165) is 19.3 Å². The Balaban J connectivity index is 1.81. The number of hydrogen-bond acceptors (Lipinski definition) is 3. The van der Waals surface area contributed by atoms with Crippen LogP contribution in [-0.2, 0) is 14.3 Å². The largest absolute Gasteiger partial charge is 0.458 e. The third kappa shape index (κ3) is 1.11. The number of allylic oxidation sites excluding steroid dienone is 1. The monoisotopic (exact) mass is 246 g/mol. The molecular formula is C15H18O3. The molecule has 4 aliphatic rings. The van der Waals surface area contributed by atoms with Gasteiger partial charge in [-0.3, -0.25) is 0 Å². The Bertz CT molecular complexity index is 504. The Morgan fingerprint density at radius 2 is 2.22 bits per heavy atom. The highest BCUT2D eigenvalue weighted by Crippen LogP contribution is 2.61. The van der Waals surface area contributed by atoms with Gasteiger partial charge in [0.25, 0.3) is 0 Å². The van der Waals surface area contributed by atoms with Gasteiger partial charge in [0.15, 0.2) is 0 Å². The smallest absolute Gasteiger partial charge is 0.334 e. The fourth-order valence-electron chi connectivity index (χ4n) is 4.23. The van der Waals surface area contributed by atoms with E-state index in [1.165, 1.54) is 11.1 Å². The van der Waals surface area contributed by atoms with Crippen molar-refractivity contribution in [2.24, 2.45) is 11.8 Å². The van der Waals surface area contributed by atoms with Crippen molar-refractivity contribution >= 4 is 5.97 Å². The number of esters is 1. The van der Waals surface area contributed by atoms with Gasteiger partial charge in [-0.25, -0.2) is 4.79 Å². The van der Waals surface area contributed by atoms with Crippen LogP contribution in [0.15, 0.2) is 23.3 Å². The van der Waals surface area contributed by atoms with Crippen molar-refractivity contribution in [3.05, 3.63) is 23.3 Å². The van der Waals surface area contributed by atoms with Crippen LogP contribution in [0.25, 0.3) is 0 Å². The van der Waals surface area contributed by atoms with Crippen LogP contribution < -0.4 is 0 Å². The number of epoxide rings is 1. The number of hydrogen-bond donors (Lipinski definition) is 0. The highest BCUT2D eigenvalue weighted by atomic mass is 16.6. The van der Waals surface area contributed by atoms with Crippen LogP contribution in [0.3, 0.4) is 0 Å². The first-order chi connectivity index (χ1) is 8.52. The maximum absolute atomic E-state index is 11.8. The normalized spacial score (nSPS) is 49.4. The molecule has 96 valence electrons. The molecule has 0 amide bonds. The van der Waals surface area contributed by atoms with Crippen LogP contribution in [0.5, 0.6) is 0 Å². The van der Waals surface area contributed by atoms with Crippen molar-refractivity contribution in [2.75, 3.05) is 0 Å². The summed E-state index contributed by atoms with van der Waals surface area (Å²) in [5, 5.41) is 0.